The molecule has 1 aromatic carbocycles. The lowest BCUT2D eigenvalue weighted by atomic mass is 9.88. The van der Waals surface area contributed by atoms with Gasteiger partial charge in [0.2, 0.25) is 0 Å². The topological polar surface area (TPSA) is 89.6 Å². The third-order valence-electron chi connectivity index (χ3n) is 4.35. The van der Waals surface area contributed by atoms with Gasteiger partial charge in [-0.2, -0.15) is 0 Å². The lowest BCUT2D eigenvalue weighted by Crippen LogP contribution is -2.34. The molecular formula is C18H18ClFN4O2. The van der Waals surface area contributed by atoms with Gasteiger partial charge in [-0.25, -0.2) is 9.38 Å². The fraction of sp³-hybridized carbons (Fsp3) is 0.278. The first-order valence-corrected chi connectivity index (χ1v) is 8.38. The minimum atomic E-state index is -0.864. The number of carbonyl (C=O) groups is 1. The van der Waals surface area contributed by atoms with Crippen molar-refractivity contribution in [2.75, 3.05) is 11.9 Å². The van der Waals surface area contributed by atoms with Gasteiger partial charge in [0, 0.05) is 28.9 Å². The second kappa shape index (κ2) is 6.92. The number of aliphatic imine (C=N–C) groups is 1. The summed E-state index contributed by atoms with van der Waals surface area (Å²) in [5, 5.41) is 3.17. The number of anilines is 1. The number of nitrogens with two attached hydrogens (primary N) is 1. The first-order chi connectivity index (χ1) is 12.3. The van der Waals surface area contributed by atoms with E-state index < -0.39 is 17.3 Å². The van der Waals surface area contributed by atoms with Crippen molar-refractivity contribution in [1.82, 2.24) is 4.98 Å². The van der Waals surface area contributed by atoms with Crippen LogP contribution in [0.25, 0.3) is 0 Å². The highest BCUT2D eigenvalue weighted by molar-refractivity contribution is 6.31. The summed E-state index contributed by atoms with van der Waals surface area (Å²) in [6.07, 6.45) is 1.93. The second-order valence-electron chi connectivity index (χ2n) is 6.24. The zero-order valence-electron chi connectivity index (χ0n) is 14.3. The Morgan fingerprint density at radius 2 is 2.19 bits per heavy atom. The second-order valence-corrected chi connectivity index (χ2v) is 6.64. The van der Waals surface area contributed by atoms with Crippen LogP contribution in [0.2, 0.25) is 5.02 Å². The summed E-state index contributed by atoms with van der Waals surface area (Å²) >= 11 is 6.03. The SMILES string of the molecule is Cc1c(Cl)ccnc1C(=O)Nc1ccc(F)c([C@]2(C)CCOC(N)=N2)c1. The number of amidine groups is 1. The van der Waals surface area contributed by atoms with Gasteiger partial charge in [0.1, 0.15) is 11.5 Å². The smallest absolute Gasteiger partial charge is 0.282 e. The number of rotatable bonds is 3. The summed E-state index contributed by atoms with van der Waals surface area (Å²) in [5.41, 5.74) is 6.31. The van der Waals surface area contributed by atoms with Crippen LogP contribution < -0.4 is 11.1 Å². The lowest BCUT2D eigenvalue weighted by Gasteiger charge is -2.30. The molecule has 0 bridgehead atoms. The molecule has 6 nitrogen and oxygen atoms in total. The van der Waals surface area contributed by atoms with Crippen molar-refractivity contribution in [3.05, 3.63) is 58.1 Å². The van der Waals surface area contributed by atoms with Gasteiger partial charge in [-0.1, -0.05) is 11.6 Å². The summed E-state index contributed by atoms with van der Waals surface area (Å²) < 4.78 is 19.5. The minimum Gasteiger partial charge on any atom is -0.465 e. The Balaban J connectivity index is 1.92. The zero-order valence-corrected chi connectivity index (χ0v) is 15.1. The number of pyridine rings is 1. The third kappa shape index (κ3) is 3.48. The Labute approximate surface area is 155 Å². The van der Waals surface area contributed by atoms with Crippen molar-refractivity contribution in [1.29, 1.82) is 0 Å². The molecule has 26 heavy (non-hydrogen) atoms. The molecule has 3 rings (SSSR count). The number of nitrogens with zero attached hydrogens (tertiary/aromatic N) is 2. The summed E-state index contributed by atoms with van der Waals surface area (Å²) in [5.74, 6) is -0.858. The molecule has 8 heteroatoms. The zero-order chi connectivity index (χ0) is 18.9. The molecule has 2 aromatic rings. The Kier molecular flexibility index (Phi) is 4.82. The van der Waals surface area contributed by atoms with E-state index in [0.717, 1.165) is 0 Å². The molecule has 0 radical (unpaired) electrons. The van der Waals surface area contributed by atoms with E-state index in [1.165, 1.54) is 18.3 Å². The molecule has 0 spiro atoms. The Hall–Kier alpha value is -2.67. The molecule has 3 N–H and O–H groups in total. The molecule has 1 aromatic heterocycles. The Morgan fingerprint density at radius 3 is 2.92 bits per heavy atom. The van der Waals surface area contributed by atoms with Gasteiger partial charge in [0.25, 0.3) is 11.9 Å². The minimum absolute atomic E-state index is 0.0198. The van der Waals surface area contributed by atoms with Crippen LogP contribution in [0.3, 0.4) is 0 Å². The van der Waals surface area contributed by atoms with Crippen molar-refractivity contribution in [2.45, 2.75) is 25.8 Å². The molecule has 2 heterocycles. The average Bonchev–Trinajstić information content (AvgIpc) is 2.58. The summed E-state index contributed by atoms with van der Waals surface area (Å²) in [7, 11) is 0. The van der Waals surface area contributed by atoms with Crippen LogP contribution in [-0.2, 0) is 10.3 Å². The number of carbonyl (C=O) groups excluding carboxylic acids is 1. The van der Waals surface area contributed by atoms with Crippen molar-refractivity contribution in [3.8, 4) is 0 Å². The summed E-state index contributed by atoms with van der Waals surface area (Å²) in [6, 6.07) is 5.95. The van der Waals surface area contributed by atoms with Gasteiger partial charge in [-0.05, 0) is 43.7 Å². The maximum absolute atomic E-state index is 14.4. The molecule has 0 fully saturated rings. The molecule has 1 aliphatic rings. The monoisotopic (exact) mass is 376 g/mol. The van der Waals surface area contributed by atoms with Gasteiger partial charge >= 0.3 is 0 Å². The number of amides is 1. The molecule has 0 saturated heterocycles. The fourth-order valence-electron chi connectivity index (χ4n) is 2.83. The van der Waals surface area contributed by atoms with Gasteiger partial charge in [0.05, 0.1) is 12.1 Å². The van der Waals surface area contributed by atoms with E-state index in [-0.39, 0.29) is 11.7 Å². The van der Waals surface area contributed by atoms with E-state index in [9.17, 15) is 9.18 Å². The van der Waals surface area contributed by atoms with E-state index in [0.29, 0.717) is 34.9 Å². The number of hydrogen-bond acceptors (Lipinski definition) is 5. The van der Waals surface area contributed by atoms with E-state index in [1.54, 1.807) is 26.0 Å². The molecule has 0 saturated carbocycles. The normalized spacial score (nSPS) is 19.5. The van der Waals surface area contributed by atoms with Gasteiger partial charge < -0.3 is 15.8 Å². The van der Waals surface area contributed by atoms with Crippen LogP contribution in [-0.4, -0.2) is 23.5 Å². The summed E-state index contributed by atoms with van der Waals surface area (Å²) in [4.78, 5) is 20.8. The standard InChI is InChI=1S/C18H18ClFN4O2/c1-10-13(19)5-7-22-15(10)16(25)23-11-3-4-14(20)12(9-11)18(2)6-8-26-17(21)24-18/h3-5,7,9H,6,8H2,1-2H3,(H2,21,24)(H,23,25)/t18-/m0/s1. The number of ether oxygens (including phenoxy) is 1. The van der Waals surface area contributed by atoms with Gasteiger partial charge in [0.15, 0.2) is 0 Å². The quantitative estimate of drug-likeness (QED) is 0.859. The van der Waals surface area contributed by atoms with E-state index in [1.807, 2.05) is 0 Å². The van der Waals surface area contributed by atoms with Gasteiger partial charge in [-0.3, -0.25) is 9.78 Å². The van der Waals surface area contributed by atoms with Crippen LogP contribution >= 0.6 is 11.6 Å². The first-order valence-electron chi connectivity index (χ1n) is 8.01. The lowest BCUT2D eigenvalue weighted by molar-refractivity contribution is 0.102. The molecule has 0 unspecified atom stereocenters. The van der Waals surface area contributed by atoms with E-state index in [4.69, 9.17) is 22.1 Å². The molecule has 1 amide bonds. The van der Waals surface area contributed by atoms with Crippen LogP contribution in [0.15, 0.2) is 35.5 Å². The average molecular weight is 377 g/mol. The largest absolute Gasteiger partial charge is 0.465 e. The van der Waals surface area contributed by atoms with E-state index in [2.05, 4.69) is 15.3 Å². The maximum Gasteiger partial charge on any atom is 0.282 e. The molecule has 1 atom stereocenters. The first kappa shape index (κ1) is 18.1. The van der Waals surface area contributed by atoms with Crippen molar-refractivity contribution < 1.29 is 13.9 Å². The highest BCUT2D eigenvalue weighted by Crippen LogP contribution is 2.35. The van der Waals surface area contributed by atoms with Crippen LogP contribution in [0, 0.1) is 12.7 Å². The highest BCUT2D eigenvalue weighted by Gasteiger charge is 2.33. The molecule has 0 aliphatic carbocycles. The van der Waals surface area contributed by atoms with Crippen LogP contribution in [0.4, 0.5) is 10.1 Å². The fourth-order valence-corrected chi connectivity index (χ4v) is 2.97. The van der Waals surface area contributed by atoms with Gasteiger partial charge in [-0.15, -0.1) is 0 Å². The van der Waals surface area contributed by atoms with Crippen LogP contribution in [0.1, 0.15) is 35.0 Å². The molecule has 136 valence electrons. The number of benzene rings is 1. The molecular weight excluding hydrogens is 359 g/mol. The van der Waals surface area contributed by atoms with Crippen molar-refractivity contribution in [3.63, 3.8) is 0 Å². The number of nitrogens with one attached hydrogen (secondary N) is 1. The van der Waals surface area contributed by atoms with Crippen LogP contribution in [0.5, 0.6) is 0 Å². The van der Waals surface area contributed by atoms with Crippen molar-refractivity contribution >= 4 is 29.2 Å². The predicted octanol–water partition coefficient (Wildman–Crippen LogP) is 3.39. The summed E-state index contributed by atoms with van der Waals surface area (Å²) in [6.45, 7) is 3.82. The predicted molar refractivity (Wildman–Crippen MR) is 97.9 cm³/mol. The Morgan fingerprint density at radius 1 is 1.42 bits per heavy atom. The number of hydrogen-bond donors (Lipinski definition) is 2. The molecule has 1 aliphatic heterocycles. The maximum atomic E-state index is 14.4. The Bertz CT molecular complexity index is 903. The number of aromatic nitrogens is 1. The third-order valence-corrected chi connectivity index (χ3v) is 4.76. The van der Waals surface area contributed by atoms with E-state index >= 15 is 0 Å². The number of halogens is 2. The highest BCUT2D eigenvalue weighted by atomic mass is 35.5. The van der Waals surface area contributed by atoms with Crippen molar-refractivity contribution in [2.24, 2.45) is 10.7 Å².